The van der Waals surface area contributed by atoms with Crippen molar-refractivity contribution in [2.45, 2.75) is 18.1 Å². The van der Waals surface area contributed by atoms with Crippen LogP contribution in [-0.4, -0.2) is 51.1 Å². The van der Waals surface area contributed by atoms with Crippen LogP contribution in [0.2, 0.25) is 0 Å². The number of aliphatic carboxylic acids is 1. The molecule has 1 aliphatic heterocycles. The molecule has 13 heavy (non-hydrogen) atoms. The van der Waals surface area contributed by atoms with E-state index in [-0.39, 0.29) is 13.0 Å². The summed E-state index contributed by atoms with van der Waals surface area (Å²) in [7, 11) is -2.58. The zero-order valence-corrected chi connectivity index (χ0v) is 8.02. The van der Waals surface area contributed by atoms with Gasteiger partial charge in [-0.25, -0.2) is 0 Å². The number of likely N-dealkylation sites (tertiary alicyclic amines) is 1. The number of hydrogen-bond acceptors (Lipinski definition) is 3. The summed E-state index contributed by atoms with van der Waals surface area (Å²) in [4.78, 5) is 29.7. The fraction of sp³-hybridized carbons (Fsp3) is 0.833. The molecule has 1 fully saturated rings. The Bertz CT molecular complexity index is 262. The minimum atomic E-state index is -4.13. The Morgan fingerprint density at radius 2 is 2.08 bits per heavy atom. The highest BCUT2D eigenvalue weighted by Crippen LogP contribution is 2.46. The number of likely N-dealkylation sites (N-methyl/N-ethyl adjacent to an activating group) is 1. The molecule has 2 unspecified atom stereocenters. The summed E-state index contributed by atoms with van der Waals surface area (Å²) in [5, 5.41) is 8.67. The van der Waals surface area contributed by atoms with Gasteiger partial charge >= 0.3 is 13.6 Å². The maximum Gasteiger partial charge on any atom is 0.329 e. The first-order chi connectivity index (χ1) is 5.82. The molecule has 0 radical (unpaired) electrons. The van der Waals surface area contributed by atoms with Crippen LogP contribution in [0.4, 0.5) is 0 Å². The summed E-state index contributed by atoms with van der Waals surface area (Å²) in [6.07, 6.45) is 0.0239. The Kier molecular flexibility index (Phi) is 2.77. The second-order valence-electron chi connectivity index (χ2n) is 3.27. The molecule has 0 aromatic heterocycles. The highest BCUT2D eigenvalue weighted by molar-refractivity contribution is 7.52. The van der Waals surface area contributed by atoms with Crippen LogP contribution in [-0.2, 0) is 9.36 Å². The van der Waals surface area contributed by atoms with Gasteiger partial charge in [0.1, 0.15) is 6.04 Å². The second-order valence-corrected chi connectivity index (χ2v) is 5.18. The smallest absolute Gasteiger partial charge is 0.329 e. The van der Waals surface area contributed by atoms with Gasteiger partial charge in [-0.3, -0.25) is 14.3 Å². The first-order valence-corrected chi connectivity index (χ1v) is 5.49. The van der Waals surface area contributed by atoms with Crippen LogP contribution < -0.4 is 0 Å². The molecule has 0 aliphatic carbocycles. The largest absolute Gasteiger partial charge is 0.480 e. The topological polar surface area (TPSA) is 98.1 Å². The summed E-state index contributed by atoms with van der Waals surface area (Å²) in [6, 6.07) is -0.766. The summed E-state index contributed by atoms with van der Waals surface area (Å²) in [5.41, 5.74) is -0.835. The van der Waals surface area contributed by atoms with E-state index in [1.165, 1.54) is 4.90 Å². The monoisotopic (exact) mass is 209 g/mol. The number of rotatable bonds is 2. The lowest BCUT2D eigenvalue weighted by molar-refractivity contribution is -0.141. The molecule has 1 saturated heterocycles. The molecule has 0 aromatic rings. The molecule has 76 valence electrons. The third-order valence-electron chi connectivity index (χ3n) is 2.29. The molecule has 0 bridgehead atoms. The number of carboxylic acids is 1. The van der Waals surface area contributed by atoms with Crippen molar-refractivity contribution < 1.29 is 24.3 Å². The van der Waals surface area contributed by atoms with Crippen molar-refractivity contribution in [3.05, 3.63) is 0 Å². The van der Waals surface area contributed by atoms with E-state index in [1.54, 1.807) is 7.05 Å². The van der Waals surface area contributed by atoms with Crippen LogP contribution in [0.5, 0.6) is 0 Å². The quantitative estimate of drug-likeness (QED) is 0.521. The van der Waals surface area contributed by atoms with Crippen molar-refractivity contribution in [3.8, 4) is 0 Å². The van der Waals surface area contributed by atoms with Crippen molar-refractivity contribution in [2.24, 2.45) is 0 Å². The summed E-state index contributed by atoms with van der Waals surface area (Å²) < 4.78 is 10.8. The number of hydrogen-bond donors (Lipinski definition) is 3. The van der Waals surface area contributed by atoms with Gasteiger partial charge in [0.25, 0.3) is 0 Å². The number of carboxylic acid groups (broad SMARTS) is 1. The van der Waals surface area contributed by atoms with E-state index >= 15 is 0 Å². The van der Waals surface area contributed by atoms with E-state index in [2.05, 4.69) is 0 Å². The fourth-order valence-electron chi connectivity index (χ4n) is 1.50. The van der Waals surface area contributed by atoms with Gasteiger partial charge in [-0.2, -0.15) is 0 Å². The van der Waals surface area contributed by atoms with Gasteiger partial charge in [-0.05, 0) is 13.5 Å². The van der Waals surface area contributed by atoms with E-state index in [4.69, 9.17) is 14.9 Å². The first-order valence-electron chi connectivity index (χ1n) is 3.80. The average Bonchev–Trinajstić information content (AvgIpc) is 2.29. The summed E-state index contributed by atoms with van der Waals surface area (Å²) in [5.74, 6) is -1.03. The second kappa shape index (κ2) is 3.38. The van der Waals surface area contributed by atoms with Gasteiger partial charge < -0.3 is 14.9 Å². The number of carbonyl (C=O) groups is 1. The van der Waals surface area contributed by atoms with Crippen LogP contribution in [0.15, 0.2) is 0 Å². The molecule has 2 atom stereocenters. The molecule has 0 amide bonds. The van der Waals surface area contributed by atoms with Crippen molar-refractivity contribution in [3.63, 3.8) is 0 Å². The maximum atomic E-state index is 10.8. The normalized spacial score (nSPS) is 30.7. The Morgan fingerprint density at radius 3 is 2.31 bits per heavy atom. The highest BCUT2D eigenvalue weighted by atomic mass is 31.2. The maximum absolute atomic E-state index is 10.8. The third kappa shape index (κ3) is 2.28. The fourth-order valence-corrected chi connectivity index (χ4v) is 2.45. The van der Waals surface area contributed by atoms with Crippen LogP contribution in [0.25, 0.3) is 0 Å². The first kappa shape index (κ1) is 10.7. The lowest BCUT2D eigenvalue weighted by Crippen LogP contribution is -2.32. The molecular formula is C6H12NO5P. The van der Waals surface area contributed by atoms with Gasteiger partial charge in [-0.15, -0.1) is 0 Å². The molecule has 7 heteroatoms. The van der Waals surface area contributed by atoms with Crippen molar-refractivity contribution in [1.82, 2.24) is 4.90 Å². The van der Waals surface area contributed by atoms with Crippen LogP contribution in [0, 0.1) is 0 Å². The molecule has 0 saturated carbocycles. The standard InChI is InChI=1S/C6H12NO5P/c1-7-3-4(13(10,11)12)2-5(7)6(8)9/h4-5H,2-3H2,1H3,(H,8,9)(H2,10,11,12). The molecule has 0 aromatic carbocycles. The van der Waals surface area contributed by atoms with Crippen molar-refractivity contribution in [2.75, 3.05) is 13.6 Å². The molecule has 1 aliphatic rings. The van der Waals surface area contributed by atoms with Crippen molar-refractivity contribution in [1.29, 1.82) is 0 Å². The van der Waals surface area contributed by atoms with Gasteiger partial charge in [0.05, 0.1) is 5.66 Å². The van der Waals surface area contributed by atoms with Crippen LogP contribution in [0.1, 0.15) is 6.42 Å². The van der Waals surface area contributed by atoms with Crippen LogP contribution >= 0.6 is 7.60 Å². The van der Waals surface area contributed by atoms with Crippen molar-refractivity contribution >= 4 is 13.6 Å². The summed E-state index contributed by atoms with van der Waals surface area (Å²) >= 11 is 0. The third-order valence-corrected chi connectivity index (χ3v) is 3.61. The minimum Gasteiger partial charge on any atom is -0.480 e. The summed E-state index contributed by atoms with van der Waals surface area (Å²) in [6.45, 7) is 0.140. The lowest BCUT2D eigenvalue weighted by atomic mass is 10.2. The average molecular weight is 209 g/mol. The molecular weight excluding hydrogens is 197 g/mol. The molecule has 0 spiro atoms. The highest BCUT2D eigenvalue weighted by Gasteiger charge is 2.42. The van der Waals surface area contributed by atoms with E-state index in [0.717, 1.165) is 0 Å². The molecule has 1 heterocycles. The van der Waals surface area contributed by atoms with E-state index in [0.29, 0.717) is 0 Å². The Morgan fingerprint density at radius 1 is 1.54 bits per heavy atom. The molecule has 1 rings (SSSR count). The Hall–Kier alpha value is -0.420. The van der Waals surface area contributed by atoms with Crippen LogP contribution in [0.3, 0.4) is 0 Å². The van der Waals surface area contributed by atoms with Gasteiger partial charge in [0.2, 0.25) is 0 Å². The SMILES string of the molecule is CN1CC(P(=O)(O)O)CC1C(=O)O. The van der Waals surface area contributed by atoms with E-state index in [1.807, 2.05) is 0 Å². The number of nitrogens with zero attached hydrogens (tertiary/aromatic N) is 1. The van der Waals surface area contributed by atoms with Gasteiger partial charge in [0.15, 0.2) is 0 Å². The zero-order valence-electron chi connectivity index (χ0n) is 7.12. The predicted molar refractivity (Wildman–Crippen MR) is 44.5 cm³/mol. The lowest BCUT2D eigenvalue weighted by Gasteiger charge is -2.13. The molecule has 3 N–H and O–H groups in total. The van der Waals surface area contributed by atoms with E-state index < -0.39 is 25.3 Å². The Labute approximate surface area is 75.3 Å². The Balaban J connectivity index is 2.71. The minimum absolute atomic E-state index is 0.0239. The zero-order chi connectivity index (χ0) is 10.2. The van der Waals surface area contributed by atoms with Gasteiger partial charge in [-0.1, -0.05) is 0 Å². The molecule has 6 nitrogen and oxygen atoms in total. The van der Waals surface area contributed by atoms with Gasteiger partial charge in [0, 0.05) is 6.54 Å². The van der Waals surface area contributed by atoms with E-state index in [9.17, 15) is 9.36 Å². The predicted octanol–water partition coefficient (Wildman–Crippen LogP) is -0.679.